The molecule has 0 aliphatic carbocycles. The highest BCUT2D eigenvalue weighted by atomic mass is 16.5. The van der Waals surface area contributed by atoms with Gasteiger partial charge < -0.3 is 14.4 Å². The lowest BCUT2D eigenvalue weighted by Crippen LogP contribution is -2.31. The molecule has 1 aromatic carbocycles. The van der Waals surface area contributed by atoms with Crippen LogP contribution in [0.25, 0.3) is 11.3 Å². The quantitative estimate of drug-likeness (QED) is 0.776. The van der Waals surface area contributed by atoms with E-state index >= 15 is 0 Å². The van der Waals surface area contributed by atoms with Gasteiger partial charge in [-0.05, 0) is 12.1 Å². The molecule has 0 saturated carbocycles. The zero-order chi connectivity index (χ0) is 17.2. The first kappa shape index (κ1) is 15.4. The number of hydrogen-bond donors (Lipinski definition) is 1. The molecule has 1 aliphatic rings. The molecular formula is C17H18N6O2. The topological polar surface area (TPSA) is 89.0 Å². The Hall–Kier alpha value is -3.16. The van der Waals surface area contributed by atoms with E-state index in [0.29, 0.717) is 29.7 Å². The average molecular weight is 338 g/mol. The maximum atomic E-state index is 5.47. The number of nitrogens with one attached hydrogen (secondary N) is 1. The molecule has 0 spiro atoms. The molecule has 1 N–H and O–H groups in total. The molecule has 3 heterocycles. The van der Waals surface area contributed by atoms with Gasteiger partial charge in [0, 0.05) is 30.8 Å². The summed E-state index contributed by atoms with van der Waals surface area (Å²) in [4.78, 5) is 6.80. The maximum absolute atomic E-state index is 5.47. The fraction of sp³-hybridized carbons (Fsp3) is 0.294. The van der Waals surface area contributed by atoms with Crippen molar-refractivity contribution in [2.75, 3.05) is 25.7 Å². The van der Waals surface area contributed by atoms with Crippen molar-refractivity contribution in [1.82, 2.24) is 25.4 Å². The number of anilines is 1. The molecule has 4 rings (SSSR count). The molecule has 2 aromatic heterocycles. The minimum absolute atomic E-state index is 0.581. The summed E-state index contributed by atoms with van der Waals surface area (Å²) in [5, 5.41) is 15.5. The predicted molar refractivity (Wildman–Crippen MR) is 91.7 cm³/mol. The highest BCUT2D eigenvalue weighted by Gasteiger charge is 2.22. The Morgan fingerprint density at radius 1 is 1.12 bits per heavy atom. The highest BCUT2D eigenvalue weighted by molar-refractivity contribution is 5.74. The van der Waals surface area contributed by atoms with Crippen molar-refractivity contribution >= 4 is 5.95 Å². The summed E-state index contributed by atoms with van der Waals surface area (Å²) in [6.07, 6.45) is 4.35. The fourth-order valence-electron chi connectivity index (χ4n) is 3.04. The molecule has 128 valence electrons. The van der Waals surface area contributed by atoms with Gasteiger partial charge in [-0.25, -0.2) is 4.98 Å². The summed E-state index contributed by atoms with van der Waals surface area (Å²) in [5.41, 5.74) is 3.77. The molecule has 1 aliphatic heterocycles. The van der Waals surface area contributed by atoms with E-state index < -0.39 is 0 Å². The third kappa shape index (κ3) is 2.75. The number of hydrogen-bond acceptors (Lipinski definition) is 7. The third-order valence-electron chi connectivity index (χ3n) is 4.31. The van der Waals surface area contributed by atoms with Gasteiger partial charge >= 0.3 is 0 Å². The monoisotopic (exact) mass is 338 g/mol. The Kier molecular flexibility index (Phi) is 3.93. The van der Waals surface area contributed by atoms with Crippen LogP contribution in [-0.2, 0) is 13.0 Å². The van der Waals surface area contributed by atoms with Gasteiger partial charge in [-0.1, -0.05) is 6.07 Å². The number of fused-ring (bicyclic) bond motifs is 1. The largest absolute Gasteiger partial charge is 0.496 e. The van der Waals surface area contributed by atoms with Gasteiger partial charge in [-0.3, -0.25) is 5.10 Å². The second-order valence-electron chi connectivity index (χ2n) is 5.72. The van der Waals surface area contributed by atoms with Crippen molar-refractivity contribution in [2.24, 2.45) is 0 Å². The molecule has 0 atom stereocenters. The minimum Gasteiger partial charge on any atom is -0.496 e. The first-order valence-electron chi connectivity index (χ1n) is 7.97. The second-order valence-corrected chi connectivity index (χ2v) is 5.72. The Labute approximate surface area is 144 Å². The molecule has 0 saturated heterocycles. The van der Waals surface area contributed by atoms with E-state index in [4.69, 9.17) is 14.5 Å². The van der Waals surface area contributed by atoms with Gasteiger partial charge in [-0.15, -0.1) is 5.10 Å². The Morgan fingerprint density at radius 3 is 2.68 bits per heavy atom. The lowest BCUT2D eigenvalue weighted by Gasteiger charge is -2.26. The number of H-pyrrole nitrogens is 1. The van der Waals surface area contributed by atoms with E-state index in [1.807, 2.05) is 24.4 Å². The number of methoxy groups -OCH3 is 2. The molecule has 8 nitrogen and oxygen atoms in total. The number of nitrogens with zero attached hydrogens (tertiary/aromatic N) is 5. The number of aromatic amines is 1. The molecule has 0 radical (unpaired) electrons. The molecular weight excluding hydrogens is 320 g/mol. The lowest BCUT2D eigenvalue weighted by atomic mass is 10.1. The van der Waals surface area contributed by atoms with Gasteiger partial charge in [-0.2, -0.15) is 10.2 Å². The minimum atomic E-state index is 0.581. The molecule has 8 heteroatoms. The number of rotatable bonds is 4. The third-order valence-corrected chi connectivity index (χ3v) is 4.31. The van der Waals surface area contributed by atoms with Crippen LogP contribution in [-0.4, -0.2) is 46.1 Å². The van der Waals surface area contributed by atoms with Crippen molar-refractivity contribution in [2.45, 2.75) is 13.0 Å². The molecule has 3 aromatic rings. The van der Waals surface area contributed by atoms with Crippen LogP contribution in [0.5, 0.6) is 11.5 Å². The summed E-state index contributed by atoms with van der Waals surface area (Å²) in [6, 6.07) is 5.62. The van der Waals surface area contributed by atoms with Crippen LogP contribution < -0.4 is 14.4 Å². The highest BCUT2D eigenvalue weighted by Crippen LogP contribution is 2.37. The second kappa shape index (κ2) is 6.39. The van der Waals surface area contributed by atoms with E-state index in [0.717, 1.165) is 24.1 Å². The molecule has 0 fully saturated rings. The average Bonchev–Trinajstić information content (AvgIpc) is 3.15. The van der Waals surface area contributed by atoms with E-state index in [2.05, 4.69) is 25.3 Å². The fourth-order valence-corrected chi connectivity index (χ4v) is 3.04. The van der Waals surface area contributed by atoms with E-state index in [-0.39, 0.29) is 0 Å². The zero-order valence-corrected chi connectivity index (χ0v) is 14.1. The summed E-state index contributed by atoms with van der Waals surface area (Å²) in [6.45, 7) is 1.52. The standard InChI is InChI=1S/C17H18N6O2/c1-24-14-4-3-5-15(25-2)16(14)13-9-19-22-17(20-13)23-7-6-12-11(10-23)8-18-21-12/h3-5,8-9H,6-7,10H2,1-2H3,(H,18,21). The molecule has 0 unspecified atom stereocenters. The summed E-state index contributed by atoms with van der Waals surface area (Å²) in [5.74, 6) is 1.94. The number of aromatic nitrogens is 5. The summed E-state index contributed by atoms with van der Waals surface area (Å²) in [7, 11) is 3.25. The van der Waals surface area contributed by atoms with Crippen LogP contribution in [0.15, 0.2) is 30.6 Å². The Balaban J connectivity index is 1.72. The Morgan fingerprint density at radius 2 is 1.92 bits per heavy atom. The molecule has 0 amide bonds. The van der Waals surface area contributed by atoms with Crippen molar-refractivity contribution in [3.8, 4) is 22.8 Å². The van der Waals surface area contributed by atoms with Gasteiger partial charge in [0.1, 0.15) is 17.2 Å². The van der Waals surface area contributed by atoms with Crippen molar-refractivity contribution in [3.63, 3.8) is 0 Å². The first-order valence-corrected chi connectivity index (χ1v) is 7.97. The van der Waals surface area contributed by atoms with E-state index in [1.54, 1.807) is 20.4 Å². The normalized spacial score (nSPS) is 13.4. The van der Waals surface area contributed by atoms with Gasteiger partial charge in [0.05, 0.1) is 32.2 Å². The van der Waals surface area contributed by atoms with Crippen LogP contribution in [0, 0.1) is 0 Å². The van der Waals surface area contributed by atoms with Gasteiger partial charge in [0.15, 0.2) is 0 Å². The zero-order valence-electron chi connectivity index (χ0n) is 14.1. The number of ether oxygens (including phenoxy) is 2. The SMILES string of the molecule is COc1cccc(OC)c1-c1cnnc(N2CCc3[nH]ncc3C2)n1. The van der Waals surface area contributed by atoms with Gasteiger partial charge in [0.2, 0.25) is 5.95 Å². The number of benzene rings is 1. The van der Waals surface area contributed by atoms with Crippen molar-refractivity contribution in [1.29, 1.82) is 0 Å². The first-order chi connectivity index (χ1) is 12.3. The van der Waals surface area contributed by atoms with Crippen molar-refractivity contribution in [3.05, 3.63) is 41.9 Å². The summed E-state index contributed by atoms with van der Waals surface area (Å²) >= 11 is 0. The predicted octanol–water partition coefficient (Wildman–Crippen LogP) is 1.84. The van der Waals surface area contributed by atoms with E-state index in [1.165, 1.54) is 5.69 Å². The summed E-state index contributed by atoms with van der Waals surface area (Å²) < 4.78 is 10.9. The van der Waals surface area contributed by atoms with Gasteiger partial charge in [0.25, 0.3) is 0 Å². The van der Waals surface area contributed by atoms with Crippen LogP contribution in [0.4, 0.5) is 5.95 Å². The smallest absolute Gasteiger partial charge is 0.246 e. The Bertz CT molecular complexity index is 872. The molecule has 0 bridgehead atoms. The molecule has 25 heavy (non-hydrogen) atoms. The van der Waals surface area contributed by atoms with Crippen LogP contribution in [0.2, 0.25) is 0 Å². The van der Waals surface area contributed by atoms with Crippen LogP contribution in [0.1, 0.15) is 11.3 Å². The van der Waals surface area contributed by atoms with Crippen LogP contribution in [0.3, 0.4) is 0 Å². The van der Waals surface area contributed by atoms with Crippen LogP contribution >= 0.6 is 0 Å². The van der Waals surface area contributed by atoms with E-state index in [9.17, 15) is 0 Å². The van der Waals surface area contributed by atoms with Crippen molar-refractivity contribution < 1.29 is 9.47 Å². The maximum Gasteiger partial charge on any atom is 0.246 e. The lowest BCUT2D eigenvalue weighted by molar-refractivity contribution is 0.397.